The van der Waals surface area contributed by atoms with Crippen LogP contribution in [0.4, 0.5) is 11.4 Å². The van der Waals surface area contributed by atoms with Crippen LogP contribution in [-0.2, 0) is 0 Å². The number of nitrogens with zero attached hydrogens (tertiary/aromatic N) is 2. The van der Waals surface area contributed by atoms with Crippen molar-refractivity contribution in [3.63, 3.8) is 0 Å². The molecule has 0 radical (unpaired) electrons. The van der Waals surface area contributed by atoms with Gasteiger partial charge in [0.05, 0.1) is 20.8 Å². The molecule has 2 aromatic carbocycles. The molecular weight excluding hydrogens is 266 g/mol. The summed E-state index contributed by atoms with van der Waals surface area (Å²) in [5, 5.41) is 13.5. The highest BCUT2D eigenvalue weighted by molar-refractivity contribution is 7.99. The minimum atomic E-state index is -0.434. The molecule has 2 rings (SSSR count). The summed E-state index contributed by atoms with van der Waals surface area (Å²) in [6.45, 7) is 0. The van der Waals surface area contributed by atoms with Gasteiger partial charge in [0.1, 0.15) is 0 Å². The highest BCUT2D eigenvalue weighted by atomic mass is 32.2. The van der Waals surface area contributed by atoms with Crippen molar-refractivity contribution in [1.82, 2.24) is 0 Å². The van der Waals surface area contributed by atoms with Crippen LogP contribution >= 0.6 is 11.8 Å². The first-order valence-corrected chi connectivity index (χ1v) is 6.12. The zero-order valence-electron chi connectivity index (χ0n) is 9.65. The average molecular weight is 275 g/mol. The standard InChI is InChI=1S/C12H9N3O3S/c16-14-13-9-5-1-3-7-11(9)19-12-8-4-2-6-10(12)15(17)18/h1-8H,(H,13,16). The minimum absolute atomic E-state index is 0.0290. The van der Waals surface area contributed by atoms with E-state index < -0.39 is 4.92 Å². The number of hydrogen-bond donors (Lipinski definition) is 1. The lowest BCUT2D eigenvalue weighted by molar-refractivity contribution is -0.387. The Kier molecular flexibility index (Phi) is 4.09. The third-order valence-corrected chi connectivity index (χ3v) is 3.48. The second-order valence-electron chi connectivity index (χ2n) is 3.53. The van der Waals surface area contributed by atoms with Gasteiger partial charge in [-0.15, -0.1) is 4.91 Å². The summed E-state index contributed by atoms with van der Waals surface area (Å²) >= 11 is 1.21. The molecule has 0 amide bonds. The average Bonchev–Trinajstić information content (AvgIpc) is 2.42. The van der Waals surface area contributed by atoms with E-state index in [2.05, 4.69) is 10.7 Å². The molecule has 7 heteroatoms. The van der Waals surface area contributed by atoms with E-state index in [0.29, 0.717) is 15.5 Å². The number of para-hydroxylation sites is 2. The Labute approximate surface area is 112 Å². The lowest BCUT2D eigenvalue weighted by atomic mass is 10.3. The molecule has 0 saturated carbocycles. The number of benzene rings is 2. The highest BCUT2D eigenvalue weighted by Crippen LogP contribution is 2.37. The van der Waals surface area contributed by atoms with Crippen molar-refractivity contribution in [3.8, 4) is 0 Å². The van der Waals surface area contributed by atoms with Gasteiger partial charge in [0.15, 0.2) is 0 Å². The molecule has 0 aliphatic carbocycles. The van der Waals surface area contributed by atoms with Crippen LogP contribution in [0.15, 0.2) is 63.6 Å². The van der Waals surface area contributed by atoms with Crippen molar-refractivity contribution >= 4 is 23.1 Å². The number of rotatable bonds is 5. The van der Waals surface area contributed by atoms with Crippen LogP contribution in [-0.4, -0.2) is 4.92 Å². The first kappa shape index (κ1) is 13.0. The highest BCUT2D eigenvalue weighted by Gasteiger charge is 2.14. The third kappa shape index (κ3) is 3.08. The van der Waals surface area contributed by atoms with Gasteiger partial charge in [-0.3, -0.25) is 10.1 Å². The van der Waals surface area contributed by atoms with E-state index in [1.807, 2.05) is 0 Å². The van der Waals surface area contributed by atoms with Gasteiger partial charge in [-0.05, 0) is 18.2 Å². The minimum Gasteiger partial charge on any atom is -0.258 e. The molecule has 1 N–H and O–H groups in total. The first-order chi connectivity index (χ1) is 9.22. The summed E-state index contributed by atoms with van der Waals surface area (Å²) < 4.78 is 0. The fraction of sp³-hybridized carbons (Fsp3) is 0. The van der Waals surface area contributed by atoms with Gasteiger partial charge < -0.3 is 0 Å². The number of hydrogen-bond acceptors (Lipinski definition) is 5. The summed E-state index contributed by atoms with van der Waals surface area (Å²) in [6.07, 6.45) is 0. The Morgan fingerprint density at radius 2 is 1.68 bits per heavy atom. The number of nitrogens with one attached hydrogen (secondary N) is 1. The second-order valence-corrected chi connectivity index (χ2v) is 4.61. The molecule has 0 spiro atoms. The molecule has 2 aromatic rings. The first-order valence-electron chi connectivity index (χ1n) is 5.31. The Hall–Kier alpha value is -2.41. The predicted molar refractivity (Wildman–Crippen MR) is 73.1 cm³/mol. The zero-order valence-corrected chi connectivity index (χ0v) is 10.5. The summed E-state index contributed by atoms with van der Waals surface area (Å²) in [4.78, 5) is 22.0. The number of nitro groups is 1. The monoisotopic (exact) mass is 275 g/mol. The largest absolute Gasteiger partial charge is 0.283 e. The van der Waals surface area contributed by atoms with Gasteiger partial charge in [0, 0.05) is 11.0 Å². The molecule has 6 nitrogen and oxygen atoms in total. The Balaban J connectivity index is 2.36. The molecule has 0 saturated heterocycles. The molecule has 19 heavy (non-hydrogen) atoms. The summed E-state index contributed by atoms with van der Waals surface area (Å²) in [7, 11) is 0. The Morgan fingerprint density at radius 1 is 1.05 bits per heavy atom. The summed E-state index contributed by atoms with van der Waals surface area (Å²) in [5.41, 5.74) is 2.87. The maximum absolute atomic E-state index is 10.9. The Morgan fingerprint density at radius 3 is 2.37 bits per heavy atom. The lowest BCUT2D eigenvalue weighted by Gasteiger charge is -2.06. The maximum Gasteiger partial charge on any atom is 0.283 e. The normalized spacial score (nSPS) is 9.89. The maximum atomic E-state index is 10.9. The molecule has 0 atom stereocenters. The van der Waals surface area contributed by atoms with Crippen LogP contribution in [0.3, 0.4) is 0 Å². The smallest absolute Gasteiger partial charge is 0.258 e. The van der Waals surface area contributed by atoms with Crippen molar-refractivity contribution in [2.75, 3.05) is 5.43 Å². The molecule has 0 fully saturated rings. The molecule has 0 aromatic heterocycles. The van der Waals surface area contributed by atoms with Crippen molar-refractivity contribution in [2.45, 2.75) is 9.79 Å². The van der Waals surface area contributed by atoms with Crippen LogP contribution < -0.4 is 5.43 Å². The van der Waals surface area contributed by atoms with Gasteiger partial charge in [-0.2, -0.15) is 0 Å². The fourth-order valence-electron chi connectivity index (χ4n) is 1.51. The lowest BCUT2D eigenvalue weighted by Crippen LogP contribution is -1.92. The van der Waals surface area contributed by atoms with Crippen LogP contribution in [0, 0.1) is 15.0 Å². The van der Waals surface area contributed by atoms with E-state index in [1.54, 1.807) is 42.5 Å². The van der Waals surface area contributed by atoms with E-state index in [0.717, 1.165) is 0 Å². The van der Waals surface area contributed by atoms with Crippen LogP contribution in [0.25, 0.3) is 0 Å². The van der Waals surface area contributed by atoms with E-state index in [9.17, 15) is 15.0 Å². The van der Waals surface area contributed by atoms with Crippen LogP contribution in [0.2, 0.25) is 0 Å². The van der Waals surface area contributed by atoms with E-state index in [4.69, 9.17) is 0 Å². The van der Waals surface area contributed by atoms with Crippen molar-refractivity contribution in [2.24, 2.45) is 5.29 Å². The molecule has 0 heterocycles. The summed E-state index contributed by atoms with van der Waals surface area (Å²) in [5.74, 6) is 0. The van der Waals surface area contributed by atoms with Gasteiger partial charge in [-0.1, -0.05) is 36.0 Å². The van der Waals surface area contributed by atoms with Crippen LogP contribution in [0.5, 0.6) is 0 Å². The summed E-state index contributed by atoms with van der Waals surface area (Å²) in [6, 6.07) is 13.4. The van der Waals surface area contributed by atoms with E-state index in [1.165, 1.54) is 17.8 Å². The quantitative estimate of drug-likeness (QED) is 0.509. The topological polar surface area (TPSA) is 84.6 Å². The third-order valence-electron chi connectivity index (χ3n) is 2.34. The van der Waals surface area contributed by atoms with Crippen LogP contribution in [0.1, 0.15) is 0 Å². The molecule has 0 aliphatic heterocycles. The number of nitro benzene ring substituents is 1. The molecule has 0 aliphatic rings. The molecular formula is C12H9N3O3S. The van der Waals surface area contributed by atoms with Gasteiger partial charge in [-0.25, -0.2) is 5.43 Å². The van der Waals surface area contributed by atoms with Gasteiger partial charge in [0.25, 0.3) is 5.69 Å². The van der Waals surface area contributed by atoms with Gasteiger partial charge in [0.2, 0.25) is 0 Å². The molecule has 96 valence electrons. The van der Waals surface area contributed by atoms with E-state index in [-0.39, 0.29) is 5.69 Å². The molecule has 0 unspecified atom stereocenters. The van der Waals surface area contributed by atoms with Crippen molar-refractivity contribution in [3.05, 3.63) is 63.6 Å². The SMILES string of the molecule is O=NNc1ccccc1Sc1ccccc1[N+](=O)[O-]. The zero-order chi connectivity index (χ0) is 13.7. The predicted octanol–water partition coefficient (Wildman–Crippen LogP) is 3.84. The fourth-order valence-corrected chi connectivity index (χ4v) is 2.51. The van der Waals surface area contributed by atoms with Crippen molar-refractivity contribution < 1.29 is 4.92 Å². The number of nitroso groups, excluding NO2 is 1. The molecule has 0 bridgehead atoms. The second kappa shape index (κ2) is 5.96. The Bertz CT molecular complexity index is 619. The van der Waals surface area contributed by atoms with Gasteiger partial charge >= 0.3 is 0 Å². The number of anilines is 1. The van der Waals surface area contributed by atoms with Crippen molar-refractivity contribution in [1.29, 1.82) is 0 Å². The van der Waals surface area contributed by atoms with E-state index >= 15 is 0 Å².